The smallest absolute Gasteiger partial charge is 0 e. The van der Waals surface area contributed by atoms with Crippen molar-refractivity contribution in [1.82, 2.24) is 0 Å². The van der Waals surface area contributed by atoms with Gasteiger partial charge >= 0.3 is 0 Å². The number of rotatable bonds is 2. The van der Waals surface area contributed by atoms with Crippen molar-refractivity contribution in [3.8, 4) is 0 Å². The summed E-state index contributed by atoms with van der Waals surface area (Å²) in [7, 11) is 0. The Hall–Kier alpha value is 0.700. The second kappa shape index (κ2) is 73.5. The van der Waals surface area contributed by atoms with E-state index < -0.39 is 0 Å². The first kappa shape index (κ1) is 29.8. The van der Waals surface area contributed by atoms with Crippen molar-refractivity contribution in [2.75, 3.05) is 0 Å². The third-order valence-corrected chi connectivity index (χ3v) is 0.604. The monoisotopic (exact) mass is 326 g/mol. The molecule has 2 heteroatoms. The predicted octanol–water partition coefficient (Wildman–Crippen LogP) is 4.41. The summed E-state index contributed by atoms with van der Waals surface area (Å²) in [5, 5.41) is 0. The molecule has 0 aromatic carbocycles. The summed E-state index contributed by atoms with van der Waals surface area (Å²) in [4.78, 5) is 0. The van der Waals surface area contributed by atoms with Crippen molar-refractivity contribution < 1.29 is 22.4 Å². The van der Waals surface area contributed by atoms with E-state index in [1.165, 1.54) is 12.8 Å². The van der Waals surface area contributed by atoms with Gasteiger partial charge in [0, 0.05) is 22.4 Å². The Morgan fingerprint density at radius 2 is 1.27 bits per heavy atom. The summed E-state index contributed by atoms with van der Waals surface area (Å²) in [5.41, 5.74) is 0. The maximum Gasteiger partial charge on any atom is 0 e. The Morgan fingerprint density at radius 3 is 1.27 bits per heavy atom. The Morgan fingerprint density at radius 1 is 1.00 bits per heavy atom. The fourth-order valence-corrected chi connectivity index (χ4v) is 0.250. The van der Waals surface area contributed by atoms with Gasteiger partial charge in [-0.05, 0) is 0 Å². The molecule has 73 valence electrons. The normalized spacial score (nSPS) is 4.91. The second-order valence-electron chi connectivity index (χ2n) is 1.21. The molecule has 0 aromatic rings. The summed E-state index contributed by atoms with van der Waals surface area (Å²) in [6, 6.07) is 0. The molecule has 0 amide bonds. The van der Waals surface area contributed by atoms with Crippen LogP contribution >= 0.6 is 0 Å². The number of unbranched alkanes of at least 4 members (excludes halogenated alkanes) is 2. The van der Waals surface area contributed by atoms with Gasteiger partial charge in [-0.2, -0.15) is 20.3 Å². The summed E-state index contributed by atoms with van der Waals surface area (Å²) >= 11 is 0. The third-order valence-electron chi connectivity index (χ3n) is 0.604. The van der Waals surface area contributed by atoms with Crippen molar-refractivity contribution in [3.63, 3.8) is 0 Å². The van der Waals surface area contributed by atoms with E-state index in [9.17, 15) is 0 Å². The Balaban J connectivity index is -0.0000000178. The first-order chi connectivity index (χ1) is 4.41. The van der Waals surface area contributed by atoms with Crippen LogP contribution in [0.25, 0.3) is 6.15 Å². The molecule has 0 aliphatic rings. The van der Waals surface area contributed by atoms with E-state index in [2.05, 4.69) is 27.7 Å². The van der Waals surface area contributed by atoms with Crippen LogP contribution in [0.15, 0.2) is 0 Å². The zero-order chi connectivity index (χ0) is 8.12. The SMILES string of the molecule is [CH2-]C.[CH2-]C.[CH2-]CCCC.[NH2-].[Ta]. The van der Waals surface area contributed by atoms with Gasteiger partial charge in [0.05, 0.1) is 0 Å². The van der Waals surface area contributed by atoms with Gasteiger partial charge in [0.15, 0.2) is 0 Å². The summed E-state index contributed by atoms with van der Waals surface area (Å²) in [6.07, 6.45) is 3.65. The average molecular weight is 326 g/mol. The molecule has 0 aliphatic carbocycles. The van der Waals surface area contributed by atoms with Crippen LogP contribution in [0, 0.1) is 20.8 Å². The molecule has 0 saturated carbocycles. The Kier molecular flexibility index (Phi) is 199. The van der Waals surface area contributed by atoms with Crippen molar-refractivity contribution in [2.24, 2.45) is 0 Å². The van der Waals surface area contributed by atoms with E-state index in [0.717, 1.165) is 6.42 Å². The van der Waals surface area contributed by atoms with Crippen LogP contribution in [0.5, 0.6) is 0 Å². The molecule has 0 spiro atoms. The van der Waals surface area contributed by atoms with E-state index in [0.29, 0.717) is 0 Å². The second-order valence-corrected chi connectivity index (χ2v) is 1.21. The molecule has 11 heavy (non-hydrogen) atoms. The topological polar surface area (TPSA) is 33.5 Å². The van der Waals surface area contributed by atoms with Crippen molar-refractivity contribution in [1.29, 1.82) is 0 Å². The summed E-state index contributed by atoms with van der Waals surface area (Å²) in [5.74, 6) is 0. The van der Waals surface area contributed by atoms with Crippen LogP contribution in [-0.2, 0) is 22.4 Å². The quantitative estimate of drug-likeness (QED) is 0.674. The minimum absolute atomic E-state index is 0. The van der Waals surface area contributed by atoms with Crippen LogP contribution in [0.1, 0.15) is 40.0 Å². The Labute approximate surface area is 89.4 Å². The fourth-order valence-electron chi connectivity index (χ4n) is 0.250. The molecule has 0 atom stereocenters. The molecule has 0 unspecified atom stereocenters. The van der Waals surface area contributed by atoms with Gasteiger partial charge in [0.1, 0.15) is 0 Å². The van der Waals surface area contributed by atoms with E-state index in [1.807, 2.05) is 0 Å². The third kappa shape index (κ3) is 111. The molecule has 1 radical (unpaired) electrons. The Bertz CT molecular complexity index is 17.0. The number of hydrogen-bond acceptors (Lipinski definition) is 0. The molecule has 0 aliphatic heterocycles. The van der Waals surface area contributed by atoms with Crippen LogP contribution in [-0.4, -0.2) is 0 Å². The standard InChI is InChI=1S/C5H11.2C2H5.H2N.Ta/c1-3-5-4-2;2*1-2;;/h1,3-5H2,2H3;2*1H2,2H3;1H2;/q4*-1;. The first-order valence-corrected chi connectivity index (χ1v) is 3.62. The van der Waals surface area contributed by atoms with Crippen molar-refractivity contribution in [3.05, 3.63) is 26.9 Å². The van der Waals surface area contributed by atoms with Crippen molar-refractivity contribution in [2.45, 2.75) is 40.0 Å². The maximum atomic E-state index is 3.68. The first-order valence-electron chi connectivity index (χ1n) is 3.62. The van der Waals surface area contributed by atoms with Crippen LogP contribution in [0.2, 0.25) is 0 Å². The van der Waals surface area contributed by atoms with Crippen LogP contribution in [0.3, 0.4) is 0 Å². The fraction of sp³-hybridized carbons (Fsp3) is 0.667. The van der Waals surface area contributed by atoms with E-state index in [-0.39, 0.29) is 28.5 Å². The zero-order valence-electron chi connectivity index (χ0n) is 8.27. The molecule has 0 fully saturated rings. The molecular formula is C9H23NTa-4. The summed E-state index contributed by atoms with van der Waals surface area (Å²) in [6.45, 7) is 15.8. The molecule has 1 nitrogen and oxygen atoms in total. The number of nitrogens with two attached hydrogens (primary N) is 1. The zero-order valence-corrected chi connectivity index (χ0v) is 11.5. The largest absolute Gasteiger partial charge is 0.693 e. The van der Waals surface area contributed by atoms with E-state index >= 15 is 0 Å². The predicted molar refractivity (Wildman–Crippen MR) is 52.2 cm³/mol. The molecule has 0 rings (SSSR count). The molecular weight excluding hydrogens is 303 g/mol. The molecule has 0 saturated heterocycles. The summed E-state index contributed by atoms with van der Waals surface area (Å²) < 4.78 is 0. The van der Waals surface area contributed by atoms with Crippen molar-refractivity contribution >= 4 is 0 Å². The minimum atomic E-state index is 0. The molecule has 0 aromatic heterocycles. The minimum Gasteiger partial charge on any atom is -0.693 e. The van der Waals surface area contributed by atoms with Gasteiger partial charge in [-0.3, -0.25) is 0 Å². The van der Waals surface area contributed by atoms with E-state index in [1.54, 1.807) is 13.8 Å². The molecule has 0 heterocycles. The van der Waals surface area contributed by atoms with Gasteiger partial charge in [-0.15, -0.1) is 0 Å². The van der Waals surface area contributed by atoms with Gasteiger partial charge in [0.25, 0.3) is 0 Å². The molecule has 0 bridgehead atoms. The van der Waals surface area contributed by atoms with Gasteiger partial charge < -0.3 is 26.9 Å². The van der Waals surface area contributed by atoms with E-state index in [4.69, 9.17) is 0 Å². The molecule has 2 N–H and O–H groups in total. The van der Waals surface area contributed by atoms with Gasteiger partial charge in [-0.25, -0.2) is 0 Å². The van der Waals surface area contributed by atoms with Crippen LogP contribution in [0.4, 0.5) is 0 Å². The number of hydrogen-bond donors (Lipinski definition) is 0. The maximum absolute atomic E-state index is 3.68. The van der Waals surface area contributed by atoms with Gasteiger partial charge in [0.2, 0.25) is 0 Å². The average Bonchev–Trinajstić information content (AvgIpc) is 1.98. The van der Waals surface area contributed by atoms with Gasteiger partial charge in [-0.1, -0.05) is 19.8 Å². The van der Waals surface area contributed by atoms with Crippen LogP contribution < -0.4 is 0 Å².